The molecule has 0 radical (unpaired) electrons. The van der Waals surface area contributed by atoms with Crippen LogP contribution in [0.1, 0.15) is 30.0 Å². The molecule has 1 aliphatic heterocycles. The molecule has 2 aromatic rings. The Hall–Kier alpha value is -2.37. The van der Waals surface area contributed by atoms with Crippen LogP contribution >= 0.6 is 11.6 Å². The zero-order valence-corrected chi connectivity index (χ0v) is 17.1. The van der Waals surface area contributed by atoms with Crippen LogP contribution in [0.25, 0.3) is 0 Å². The van der Waals surface area contributed by atoms with E-state index in [4.69, 9.17) is 11.6 Å². The van der Waals surface area contributed by atoms with E-state index >= 15 is 0 Å². The molecule has 1 aliphatic rings. The molecule has 1 atom stereocenters. The van der Waals surface area contributed by atoms with Crippen molar-refractivity contribution in [3.05, 3.63) is 64.7 Å². The first kappa shape index (κ1) is 20.4. The summed E-state index contributed by atoms with van der Waals surface area (Å²) in [5.41, 5.74) is 2.82. The molecule has 1 saturated heterocycles. The van der Waals surface area contributed by atoms with Crippen molar-refractivity contribution in [1.29, 1.82) is 0 Å². The van der Waals surface area contributed by atoms with Crippen LogP contribution in [0.2, 0.25) is 5.02 Å². The maximum Gasteiger partial charge on any atom is 0.227 e. The molecule has 0 aromatic heterocycles. The molecule has 6 heteroatoms. The Kier molecular flexibility index (Phi) is 6.70. The molecular weight excluding hydrogens is 374 g/mol. The Morgan fingerprint density at radius 1 is 1.18 bits per heavy atom. The first-order chi connectivity index (χ1) is 13.5. The lowest BCUT2D eigenvalue weighted by atomic mass is 10.1. The van der Waals surface area contributed by atoms with Crippen LogP contribution in [-0.4, -0.2) is 43.9 Å². The number of benzene rings is 2. The van der Waals surface area contributed by atoms with Gasteiger partial charge in [-0.3, -0.25) is 9.59 Å². The number of likely N-dealkylation sites (N-methyl/N-ethyl adjacent to an activating group) is 1. The highest BCUT2D eigenvalue weighted by molar-refractivity contribution is 6.31. The average Bonchev–Trinajstić information content (AvgIpc) is 3.09. The maximum atomic E-state index is 12.4. The summed E-state index contributed by atoms with van der Waals surface area (Å²) >= 11 is 6.32. The van der Waals surface area contributed by atoms with Crippen LogP contribution in [0.5, 0.6) is 0 Å². The lowest BCUT2D eigenvalue weighted by Gasteiger charge is -2.26. The third-order valence-corrected chi connectivity index (χ3v) is 5.41. The number of nitrogens with one attached hydrogen (secondary N) is 1. The Balaban J connectivity index is 1.57. The molecule has 1 fully saturated rings. The molecule has 0 aliphatic carbocycles. The molecule has 1 N–H and O–H groups in total. The van der Waals surface area contributed by atoms with E-state index in [2.05, 4.69) is 5.32 Å². The fourth-order valence-corrected chi connectivity index (χ4v) is 3.75. The van der Waals surface area contributed by atoms with Gasteiger partial charge in [-0.25, -0.2) is 0 Å². The molecule has 0 spiro atoms. The normalized spacial score (nSPS) is 15.1. The van der Waals surface area contributed by atoms with Crippen molar-refractivity contribution in [2.75, 3.05) is 32.1 Å². The van der Waals surface area contributed by atoms with E-state index in [1.807, 2.05) is 67.5 Å². The predicted octanol–water partition coefficient (Wildman–Crippen LogP) is 3.43. The number of amides is 2. The van der Waals surface area contributed by atoms with Gasteiger partial charge in [-0.15, -0.1) is 0 Å². The fourth-order valence-electron chi connectivity index (χ4n) is 3.49. The van der Waals surface area contributed by atoms with Gasteiger partial charge in [0.25, 0.3) is 0 Å². The van der Waals surface area contributed by atoms with E-state index in [0.717, 1.165) is 29.8 Å². The summed E-state index contributed by atoms with van der Waals surface area (Å²) < 4.78 is 0. The van der Waals surface area contributed by atoms with Crippen LogP contribution in [0.15, 0.2) is 48.5 Å². The lowest BCUT2D eigenvalue weighted by Crippen LogP contribution is -2.35. The zero-order valence-electron chi connectivity index (χ0n) is 16.3. The van der Waals surface area contributed by atoms with E-state index in [0.29, 0.717) is 24.4 Å². The summed E-state index contributed by atoms with van der Waals surface area (Å²) in [6, 6.07) is 15.4. The molecule has 148 valence electrons. The van der Waals surface area contributed by atoms with Crippen molar-refractivity contribution in [1.82, 2.24) is 10.2 Å². The summed E-state index contributed by atoms with van der Waals surface area (Å²) in [5.74, 6) is 0.128. The van der Waals surface area contributed by atoms with Gasteiger partial charge < -0.3 is 15.1 Å². The molecule has 3 rings (SSSR count). The Morgan fingerprint density at radius 3 is 2.50 bits per heavy atom. The van der Waals surface area contributed by atoms with E-state index < -0.39 is 0 Å². The Morgan fingerprint density at radius 2 is 1.89 bits per heavy atom. The molecule has 0 bridgehead atoms. The van der Waals surface area contributed by atoms with Crippen LogP contribution < -0.4 is 10.2 Å². The van der Waals surface area contributed by atoms with Gasteiger partial charge in [-0.05, 0) is 49.8 Å². The summed E-state index contributed by atoms with van der Waals surface area (Å²) in [7, 11) is 3.94. The molecule has 2 aromatic carbocycles. The van der Waals surface area contributed by atoms with Crippen molar-refractivity contribution in [3.8, 4) is 0 Å². The van der Waals surface area contributed by atoms with Crippen LogP contribution in [0.4, 0.5) is 5.69 Å². The quantitative estimate of drug-likeness (QED) is 0.776. The number of rotatable bonds is 7. The van der Waals surface area contributed by atoms with Gasteiger partial charge in [0.1, 0.15) is 0 Å². The third kappa shape index (κ3) is 4.91. The highest BCUT2D eigenvalue weighted by Gasteiger charge is 2.21. The van der Waals surface area contributed by atoms with Gasteiger partial charge in [0.05, 0.1) is 12.5 Å². The molecular formula is C22H26ClN3O2. The SMILES string of the molecule is CN(C)C(CNC(=O)Cc1ccc(N2CCCC2=O)cc1)c1ccccc1Cl. The molecule has 0 saturated carbocycles. The van der Waals surface area contributed by atoms with Crippen LogP contribution in [-0.2, 0) is 16.0 Å². The molecule has 28 heavy (non-hydrogen) atoms. The average molecular weight is 400 g/mol. The van der Waals surface area contributed by atoms with E-state index in [1.54, 1.807) is 4.90 Å². The monoisotopic (exact) mass is 399 g/mol. The topological polar surface area (TPSA) is 52.7 Å². The van der Waals surface area contributed by atoms with Crippen LogP contribution in [0.3, 0.4) is 0 Å². The number of carbonyl (C=O) groups is 2. The smallest absolute Gasteiger partial charge is 0.227 e. The number of anilines is 1. The highest BCUT2D eigenvalue weighted by Crippen LogP contribution is 2.25. The Labute approximate surface area is 171 Å². The number of halogens is 1. The number of nitrogens with zero attached hydrogens (tertiary/aromatic N) is 2. The fraction of sp³-hybridized carbons (Fsp3) is 0.364. The maximum absolute atomic E-state index is 12.4. The van der Waals surface area contributed by atoms with E-state index in [1.165, 1.54) is 0 Å². The highest BCUT2D eigenvalue weighted by atomic mass is 35.5. The zero-order chi connectivity index (χ0) is 20.1. The summed E-state index contributed by atoms with van der Waals surface area (Å²) in [5, 5.41) is 3.71. The van der Waals surface area contributed by atoms with Crippen LogP contribution in [0, 0.1) is 0 Å². The summed E-state index contributed by atoms with van der Waals surface area (Å²) in [4.78, 5) is 28.1. The van der Waals surface area contributed by atoms with E-state index in [9.17, 15) is 9.59 Å². The van der Waals surface area contributed by atoms with Gasteiger partial charge in [0, 0.05) is 30.2 Å². The third-order valence-electron chi connectivity index (χ3n) is 5.07. The van der Waals surface area contributed by atoms with Crippen molar-refractivity contribution in [2.24, 2.45) is 0 Å². The number of hydrogen-bond acceptors (Lipinski definition) is 3. The van der Waals surface area contributed by atoms with Crippen molar-refractivity contribution in [3.63, 3.8) is 0 Å². The number of carbonyl (C=O) groups excluding carboxylic acids is 2. The second-order valence-corrected chi connectivity index (χ2v) is 7.70. The molecule has 2 amide bonds. The first-order valence-electron chi connectivity index (χ1n) is 9.52. The predicted molar refractivity (Wildman–Crippen MR) is 113 cm³/mol. The first-order valence-corrected chi connectivity index (χ1v) is 9.90. The Bertz CT molecular complexity index is 836. The summed E-state index contributed by atoms with van der Waals surface area (Å²) in [6.07, 6.45) is 1.82. The van der Waals surface area contributed by atoms with Crippen molar-refractivity contribution in [2.45, 2.75) is 25.3 Å². The minimum Gasteiger partial charge on any atom is -0.354 e. The minimum atomic E-state index is -0.0381. The summed E-state index contributed by atoms with van der Waals surface area (Å²) in [6.45, 7) is 1.25. The van der Waals surface area contributed by atoms with Crippen molar-refractivity contribution >= 4 is 29.1 Å². The van der Waals surface area contributed by atoms with Gasteiger partial charge in [-0.2, -0.15) is 0 Å². The molecule has 1 unspecified atom stereocenters. The van der Waals surface area contributed by atoms with E-state index in [-0.39, 0.29) is 17.9 Å². The van der Waals surface area contributed by atoms with Gasteiger partial charge >= 0.3 is 0 Å². The molecule has 1 heterocycles. The molecule has 5 nitrogen and oxygen atoms in total. The van der Waals surface area contributed by atoms with Gasteiger partial charge in [0.15, 0.2) is 0 Å². The van der Waals surface area contributed by atoms with Gasteiger partial charge in [0.2, 0.25) is 11.8 Å². The van der Waals surface area contributed by atoms with Gasteiger partial charge in [-0.1, -0.05) is 41.9 Å². The lowest BCUT2D eigenvalue weighted by molar-refractivity contribution is -0.120. The standard InChI is InChI=1S/C22H26ClN3O2/c1-25(2)20(18-6-3-4-7-19(18)23)15-24-21(27)14-16-9-11-17(12-10-16)26-13-5-8-22(26)28/h3-4,6-7,9-12,20H,5,8,13-15H2,1-2H3,(H,24,27). The minimum absolute atomic E-state index is 0.00112. The van der Waals surface area contributed by atoms with Crippen molar-refractivity contribution < 1.29 is 9.59 Å². The largest absolute Gasteiger partial charge is 0.354 e. The second kappa shape index (κ2) is 9.22. The number of hydrogen-bond donors (Lipinski definition) is 1. The second-order valence-electron chi connectivity index (χ2n) is 7.30.